The van der Waals surface area contributed by atoms with E-state index in [9.17, 15) is 0 Å². The zero-order valence-corrected chi connectivity index (χ0v) is 19.2. The first-order chi connectivity index (χ1) is 16.7. The van der Waals surface area contributed by atoms with Crippen LogP contribution in [0.3, 0.4) is 0 Å². The number of aromatic amines is 3. The average molecular weight is 452 g/mol. The largest absolute Gasteiger partial charge is 0.496 e. The molecule has 0 aliphatic heterocycles. The monoisotopic (exact) mass is 451 g/mol. The van der Waals surface area contributed by atoms with Gasteiger partial charge in [-0.05, 0) is 53.1 Å². The fraction of sp³-hybridized carbons (Fsp3) is 0.143. The van der Waals surface area contributed by atoms with Crippen molar-refractivity contribution in [1.29, 1.82) is 0 Å². The SMILES string of the molecule is COc1cccc2[nH]cc(C(c3c[nH]c4cccc(OC)c34)c3c[nH]c4cccc(OC)c34)c12. The Bertz CT molecular complexity index is 1440. The predicted molar refractivity (Wildman–Crippen MR) is 135 cm³/mol. The Morgan fingerprint density at radius 1 is 0.500 bits per heavy atom. The molecule has 0 radical (unpaired) electrons. The number of fused-ring (bicyclic) bond motifs is 3. The maximum Gasteiger partial charge on any atom is 0.128 e. The smallest absolute Gasteiger partial charge is 0.128 e. The number of aromatic nitrogens is 3. The Morgan fingerprint density at radius 3 is 1.12 bits per heavy atom. The number of hydrogen-bond donors (Lipinski definition) is 3. The predicted octanol–water partition coefficient (Wildman–Crippen LogP) is 6.34. The van der Waals surface area contributed by atoms with Crippen LogP contribution in [0.5, 0.6) is 17.2 Å². The zero-order chi connectivity index (χ0) is 23.2. The molecule has 0 saturated heterocycles. The van der Waals surface area contributed by atoms with Crippen LogP contribution in [0.25, 0.3) is 32.7 Å². The highest BCUT2D eigenvalue weighted by atomic mass is 16.5. The highest BCUT2D eigenvalue weighted by Gasteiger charge is 2.29. The van der Waals surface area contributed by atoms with Crippen LogP contribution >= 0.6 is 0 Å². The van der Waals surface area contributed by atoms with E-state index in [1.54, 1.807) is 21.3 Å². The van der Waals surface area contributed by atoms with Crippen LogP contribution in [0.2, 0.25) is 0 Å². The van der Waals surface area contributed by atoms with Gasteiger partial charge in [0.05, 0.1) is 21.3 Å². The van der Waals surface area contributed by atoms with Crippen LogP contribution < -0.4 is 14.2 Å². The molecule has 0 amide bonds. The van der Waals surface area contributed by atoms with E-state index in [-0.39, 0.29) is 5.92 Å². The maximum absolute atomic E-state index is 5.79. The fourth-order valence-corrected chi connectivity index (χ4v) is 5.23. The van der Waals surface area contributed by atoms with E-state index in [1.807, 2.05) is 36.4 Å². The van der Waals surface area contributed by atoms with Gasteiger partial charge in [0.1, 0.15) is 17.2 Å². The molecule has 0 saturated carbocycles. The van der Waals surface area contributed by atoms with E-state index in [1.165, 1.54) is 0 Å². The highest BCUT2D eigenvalue weighted by Crippen LogP contribution is 2.46. The summed E-state index contributed by atoms with van der Waals surface area (Å²) in [6, 6.07) is 18.2. The van der Waals surface area contributed by atoms with Crippen LogP contribution in [0.4, 0.5) is 0 Å². The summed E-state index contributed by atoms with van der Waals surface area (Å²) >= 11 is 0. The quantitative estimate of drug-likeness (QED) is 0.277. The van der Waals surface area contributed by atoms with Gasteiger partial charge in [0, 0.05) is 57.2 Å². The molecule has 3 N–H and O–H groups in total. The van der Waals surface area contributed by atoms with E-state index < -0.39 is 0 Å². The Morgan fingerprint density at radius 2 is 0.824 bits per heavy atom. The van der Waals surface area contributed by atoms with Crippen molar-refractivity contribution in [3.8, 4) is 17.2 Å². The molecule has 3 aromatic heterocycles. The minimum atomic E-state index is -0.125. The Hall–Kier alpha value is -4.32. The number of H-pyrrole nitrogens is 3. The molecular formula is C28H25N3O3. The number of rotatable bonds is 6. The van der Waals surface area contributed by atoms with E-state index in [2.05, 4.69) is 51.7 Å². The molecule has 0 atom stereocenters. The van der Waals surface area contributed by atoms with Gasteiger partial charge >= 0.3 is 0 Å². The summed E-state index contributed by atoms with van der Waals surface area (Å²) in [5.41, 5.74) is 6.43. The van der Waals surface area contributed by atoms with Crippen LogP contribution in [0, 0.1) is 0 Å². The molecule has 0 fully saturated rings. The second-order valence-corrected chi connectivity index (χ2v) is 8.31. The number of hydrogen-bond acceptors (Lipinski definition) is 3. The van der Waals surface area contributed by atoms with Gasteiger partial charge < -0.3 is 29.2 Å². The van der Waals surface area contributed by atoms with Gasteiger partial charge in [-0.1, -0.05) is 18.2 Å². The Kier molecular flexibility index (Phi) is 4.73. The lowest BCUT2D eigenvalue weighted by Crippen LogP contribution is -2.03. The average Bonchev–Trinajstić information content (AvgIpc) is 3.62. The second kappa shape index (κ2) is 7.92. The van der Waals surface area contributed by atoms with Crippen molar-refractivity contribution in [3.63, 3.8) is 0 Å². The van der Waals surface area contributed by atoms with Crippen molar-refractivity contribution in [3.05, 3.63) is 89.9 Å². The second-order valence-electron chi connectivity index (χ2n) is 8.31. The third kappa shape index (κ3) is 2.88. The fourth-order valence-electron chi connectivity index (χ4n) is 5.23. The maximum atomic E-state index is 5.79. The lowest BCUT2D eigenvalue weighted by Gasteiger charge is -2.19. The van der Waals surface area contributed by atoms with Crippen LogP contribution in [0.15, 0.2) is 73.2 Å². The molecule has 34 heavy (non-hydrogen) atoms. The molecule has 0 aliphatic rings. The molecule has 6 nitrogen and oxygen atoms in total. The van der Waals surface area contributed by atoms with Gasteiger partial charge in [0.25, 0.3) is 0 Å². The third-order valence-electron chi connectivity index (χ3n) is 6.69. The number of benzene rings is 3. The van der Waals surface area contributed by atoms with Crippen molar-refractivity contribution < 1.29 is 14.2 Å². The molecule has 6 aromatic rings. The third-order valence-corrected chi connectivity index (χ3v) is 6.69. The molecule has 6 rings (SSSR count). The lowest BCUT2D eigenvalue weighted by molar-refractivity contribution is 0.419. The standard InChI is InChI=1S/C28H25N3O3/c1-32-22-10-4-7-19-26(22)16(13-29-19)25(17-14-30-20-8-5-11-23(33-2)27(17)20)18-15-31-21-9-6-12-24(34-3)28(18)21/h4-15,25,29-31H,1-3H3. The highest BCUT2D eigenvalue weighted by molar-refractivity contribution is 5.97. The Labute approximate surface area is 196 Å². The molecule has 3 heterocycles. The molecule has 0 bridgehead atoms. The normalized spacial score (nSPS) is 11.6. The van der Waals surface area contributed by atoms with Crippen LogP contribution in [-0.2, 0) is 0 Å². The minimum Gasteiger partial charge on any atom is -0.496 e. The van der Waals surface area contributed by atoms with Crippen LogP contribution in [-0.4, -0.2) is 36.3 Å². The summed E-state index contributed by atoms with van der Waals surface area (Å²) in [5, 5.41) is 3.18. The number of nitrogens with one attached hydrogen (secondary N) is 3. The summed E-state index contributed by atoms with van der Waals surface area (Å²) < 4.78 is 17.4. The minimum absolute atomic E-state index is 0.125. The lowest BCUT2D eigenvalue weighted by atomic mass is 9.84. The first-order valence-corrected chi connectivity index (χ1v) is 11.2. The molecule has 170 valence electrons. The van der Waals surface area contributed by atoms with Crippen molar-refractivity contribution in [2.75, 3.05) is 21.3 Å². The molecule has 0 aliphatic carbocycles. The van der Waals surface area contributed by atoms with Crippen molar-refractivity contribution in [1.82, 2.24) is 15.0 Å². The van der Waals surface area contributed by atoms with E-state index >= 15 is 0 Å². The number of ether oxygens (including phenoxy) is 3. The van der Waals surface area contributed by atoms with E-state index in [0.717, 1.165) is 66.6 Å². The first-order valence-electron chi connectivity index (χ1n) is 11.2. The molecule has 3 aromatic carbocycles. The number of methoxy groups -OCH3 is 3. The van der Waals surface area contributed by atoms with Gasteiger partial charge in [0.2, 0.25) is 0 Å². The van der Waals surface area contributed by atoms with Crippen molar-refractivity contribution in [2.45, 2.75) is 5.92 Å². The molecule has 0 spiro atoms. The van der Waals surface area contributed by atoms with Gasteiger partial charge in [0.15, 0.2) is 0 Å². The molecule has 0 unspecified atom stereocenters. The van der Waals surface area contributed by atoms with Gasteiger partial charge in [-0.15, -0.1) is 0 Å². The van der Waals surface area contributed by atoms with E-state index in [0.29, 0.717) is 0 Å². The summed E-state index contributed by atoms with van der Waals surface area (Å²) in [4.78, 5) is 10.4. The Balaban J connectivity index is 1.74. The molecular weight excluding hydrogens is 426 g/mol. The summed E-state index contributed by atoms with van der Waals surface area (Å²) in [7, 11) is 5.14. The van der Waals surface area contributed by atoms with Crippen molar-refractivity contribution >= 4 is 32.7 Å². The summed E-state index contributed by atoms with van der Waals surface area (Å²) in [6.07, 6.45) is 6.25. The summed E-state index contributed by atoms with van der Waals surface area (Å²) in [6.45, 7) is 0. The topological polar surface area (TPSA) is 75.1 Å². The van der Waals surface area contributed by atoms with Gasteiger partial charge in [-0.3, -0.25) is 0 Å². The molecule has 6 heteroatoms. The first kappa shape index (κ1) is 20.3. The van der Waals surface area contributed by atoms with Crippen LogP contribution in [0.1, 0.15) is 22.6 Å². The van der Waals surface area contributed by atoms with Gasteiger partial charge in [-0.25, -0.2) is 0 Å². The van der Waals surface area contributed by atoms with Crippen molar-refractivity contribution in [2.24, 2.45) is 0 Å². The van der Waals surface area contributed by atoms with E-state index in [4.69, 9.17) is 14.2 Å². The van der Waals surface area contributed by atoms with Gasteiger partial charge in [-0.2, -0.15) is 0 Å². The zero-order valence-electron chi connectivity index (χ0n) is 19.2. The summed E-state index contributed by atoms with van der Waals surface area (Å²) in [5.74, 6) is 2.37.